The average Bonchev–Trinajstić information content (AvgIpc) is 2.47. The largest absolute Gasteiger partial charge is 0.317 e. The molecule has 1 N–H and O–H groups in total. The van der Waals surface area contributed by atoms with Gasteiger partial charge in [0.15, 0.2) is 0 Å². The van der Waals surface area contributed by atoms with Crippen LogP contribution in [-0.4, -0.2) is 30.6 Å². The smallest absolute Gasteiger partial charge is 0.144 e. The number of nitrogens with zero attached hydrogens (tertiary/aromatic N) is 1. The first-order chi connectivity index (χ1) is 9.63. The van der Waals surface area contributed by atoms with E-state index in [1.54, 1.807) is 0 Å². The molecule has 1 aromatic carbocycles. The van der Waals surface area contributed by atoms with Crippen molar-refractivity contribution in [3.05, 3.63) is 33.8 Å². The maximum Gasteiger partial charge on any atom is 0.144 e. The molecule has 2 rings (SSSR count). The average molecular weight is 347 g/mol. The van der Waals surface area contributed by atoms with Crippen LogP contribution < -0.4 is 5.32 Å². The predicted octanol–water partition coefficient (Wildman–Crippen LogP) is 3.69. The van der Waals surface area contributed by atoms with Gasteiger partial charge >= 0.3 is 0 Å². The van der Waals surface area contributed by atoms with Gasteiger partial charge in [0.2, 0.25) is 0 Å². The van der Waals surface area contributed by atoms with E-state index < -0.39 is 11.6 Å². The molecule has 1 aromatic rings. The summed E-state index contributed by atoms with van der Waals surface area (Å²) in [5.41, 5.74) is 0.173. The Balaban J connectivity index is 2.17. The maximum atomic E-state index is 14.1. The van der Waals surface area contributed by atoms with Crippen LogP contribution in [0, 0.1) is 11.6 Å². The van der Waals surface area contributed by atoms with Crippen molar-refractivity contribution < 1.29 is 8.78 Å². The molecule has 5 heteroatoms. The maximum absolute atomic E-state index is 14.1. The number of piperidine rings is 1. The number of benzene rings is 1. The van der Waals surface area contributed by atoms with Crippen molar-refractivity contribution in [2.75, 3.05) is 19.6 Å². The van der Waals surface area contributed by atoms with Gasteiger partial charge in [-0.25, -0.2) is 8.78 Å². The molecule has 1 fully saturated rings. The van der Waals surface area contributed by atoms with Crippen LogP contribution in [0.3, 0.4) is 0 Å². The van der Waals surface area contributed by atoms with Crippen LogP contribution in [0.25, 0.3) is 0 Å². The van der Waals surface area contributed by atoms with Crippen LogP contribution in [-0.2, 0) is 6.54 Å². The second-order valence-corrected chi connectivity index (χ2v) is 6.13. The van der Waals surface area contributed by atoms with E-state index in [1.165, 1.54) is 12.1 Å². The Morgan fingerprint density at radius 2 is 2.00 bits per heavy atom. The first-order valence-electron chi connectivity index (χ1n) is 7.20. The quantitative estimate of drug-likeness (QED) is 0.818. The molecule has 1 saturated heterocycles. The molecule has 112 valence electrons. The zero-order valence-electron chi connectivity index (χ0n) is 11.8. The predicted molar refractivity (Wildman–Crippen MR) is 80.7 cm³/mol. The number of hydrogen-bond acceptors (Lipinski definition) is 2. The Hall–Kier alpha value is -0.520. The fourth-order valence-corrected chi connectivity index (χ4v) is 3.14. The molecule has 20 heavy (non-hydrogen) atoms. The molecule has 0 spiro atoms. The van der Waals surface area contributed by atoms with E-state index in [2.05, 4.69) is 33.1 Å². The molecule has 0 unspecified atom stereocenters. The van der Waals surface area contributed by atoms with E-state index in [0.29, 0.717) is 17.1 Å². The summed E-state index contributed by atoms with van der Waals surface area (Å²) in [6.07, 6.45) is 3.07. The zero-order valence-corrected chi connectivity index (χ0v) is 13.3. The molecule has 0 aromatic heterocycles. The van der Waals surface area contributed by atoms with E-state index in [4.69, 9.17) is 0 Å². The third kappa shape index (κ3) is 3.77. The van der Waals surface area contributed by atoms with Crippen molar-refractivity contribution in [2.45, 2.75) is 38.8 Å². The highest BCUT2D eigenvalue weighted by molar-refractivity contribution is 9.10. The minimum Gasteiger partial charge on any atom is -0.317 e. The minimum atomic E-state index is -0.472. The van der Waals surface area contributed by atoms with Gasteiger partial charge in [0.1, 0.15) is 11.6 Å². The number of nitrogens with one attached hydrogen (secondary N) is 1. The fraction of sp³-hybridized carbons (Fsp3) is 0.600. The van der Waals surface area contributed by atoms with Gasteiger partial charge in [-0.3, -0.25) is 4.90 Å². The van der Waals surface area contributed by atoms with Gasteiger partial charge in [-0.05, 0) is 67.0 Å². The molecule has 0 amide bonds. The van der Waals surface area contributed by atoms with Crippen LogP contribution in [0.2, 0.25) is 0 Å². The van der Waals surface area contributed by atoms with Crippen molar-refractivity contribution in [2.24, 2.45) is 0 Å². The van der Waals surface area contributed by atoms with E-state index in [-0.39, 0.29) is 5.56 Å². The Bertz CT molecular complexity index is 448. The zero-order chi connectivity index (χ0) is 14.5. The third-order valence-corrected chi connectivity index (χ3v) is 4.45. The number of hydrogen-bond donors (Lipinski definition) is 1. The summed E-state index contributed by atoms with van der Waals surface area (Å²) in [4.78, 5) is 2.22. The Morgan fingerprint density at radius 3 is 2.65 bits per heavy atom. The van der Waals surface area contributed by atoms with Gasteiger partial charge in [-0.15, -0.1) is 0 Å². The molecule has 0 atom stereocenters. The van der Waals surface area contributed by atoms with Gasteiger partial charge in [0.05, 0.1) is 4.47 Å². The highest BCUT2D eigenvalue weighted by atomic mass is 79.9. The van der Waals surface area contributed by atoms with Gasteiger partial charge in [-0.2, -0.15) is 0 Å². The Kier molecular flexibility index (Phi) is 5.93. The van der Waals surface area contributed by atoms with E-state index in [0.717, 1.165) is 38.9 Å². The van der Waals surface area contributed by atoms with Crippen LogP contribution in [0.5, 0.6) is 0 Å². The van der Waals surface area contributed by atoms with Crippen LogP contribution in [0.1, 0.15) is 31.7 Å². The fourth-order valence-electron chi connectivity index (χ4n) is 2.77. The Morgan fingerprint density at radius 1 is 1.30 bits per heavy atom. The van der Waals surface area contributed by atoms with E-state index in [1.807, 2.05) is 0 Å². The molecular weight excluding hydrogens is 326 g/mol. The number of rotatable bonds is 5. The second-order valence-electron chi connectivity index (χ2n) is 5.27. The van der Waals surface area contributed by atoms with Crippen molar-refractivity contribution >= 4 is 15.9 Å². The summed E-state index contributed by atoms with van der Waals surface area (Å²) in [6.45, 7) is 5.27. The lowest BCUT2D eigenvalue weighted by Gasteiger charge is -2.34. The summed E-state index contributed by atoms with van der Waals surface area (Å²) in [5.74, 6) is -0.930. The standard InChI is InChI=1S/C15H21BrF2N2/c1-2-9-20(11-5-7-19-8-6-11)10-12-14(17)4-3-13(16)15(12)18/h3-4,11,19H,2,5-10H2,1H3. The molecule has 1 aliphatic rings. The van der Waals surface area contributed by atoms with E-state index >= 15 is 0 Å². The summed E-state index contributed by atoms with van der Waals surface area (Å²) >= 11 is 3.13. The van der Waals surface area contributed by atoms with E-state index in [9.17, 15) is 8.78 Å². The monoisotopic (exact) mass is 346 g/mol. The van der Waals surface area contributed by atoms with Gasteiger partial charge < -0.3 is 5.32 Å². The minimum absolute atomic E-state index is 0.173. The molecule has 1 heterocycles. The lowest BCUT2D eigenvalue weighted by Crippen LogP contribution is -2.43. The number of halogens is 3. The van der Waals surface area contributed by atoms with Crippen molar-refractivity contribution in [1.29, 1.82) is 0 Å². The molecule has 0 radical (unpaired) electrons. The third-order valence-electron chi connectivity index (χ3n) is 3.84. The van der Waals surface area contributed by atoms with Crippen molar-refractivity contribution in [3.8, 4) is 0 Å². The van der Waals surface area contributed by atoms with Crippen LogP contribution >= 0.6 is 15.9 Å². The van der Waals surface area contributed by atoms with Crippen molar-refractivity contribution in [1.82, 2.24) is 10.2 Å². The lowest BCUT2D eigenvalue weighted by molar-refractivity contribution is 0.150. The first-order valence-corrected chi connectivity index (χ1v) is 8.00. The van der Waals surface area contributed by atoms with Crippen LogP contribution in [0.4, 0.5) is 8.78 Å². The summed E-state index contributed by atoms with van der Waals surface area (Å²) in [7, 11) is 0. The Labute approximate surface area is 127 Å². The normalized spacial score (nSPS) is 16.9. The highest BCUT2D eigenvalue weighted by Gasteiger charge is 2.23. The summed E-state index contributed by atoms with van der Waals surface area (Å²) in [5, 5.41) is 3.33. The van der Waals surface area contributed by atoms with Gasteiger partial charge in [0, 0.05) is 18.2 Å². The summed E-state index contributed by atoms with van der Waals surface area (Å²) in [6, 6.07) is 3.16. The first kappa shape index (κ1) is 15.9. The van der Waals surface area contributed by atoms with Crippen molar-refractivity contribution in [3.63, 3.8) is 0 Å². The molecule has 1 aliphatic heterocycles. The SMILES string of the molecule is CCCN(Cc1c(F)ccc(Br)c1F)C1CCNCC1. The lowest BCUT2D eigenvalue weighted by atomic mass is 10.0. The molecule has 0 saturated carbocycles. The molecule has 0 bridgehead atoms. The van der Waals surface area contributed by atoms with Gasteiger partial charge in [-0.1, -0.05) is 6.92 Å². The second kappa shape index (κ2) is 7.48. The topological polar surface area (TPSA) is 15.3 Å². The van der Waals surface area contributed by atoms with Gasteiger partial charge in [0.25, 0.3) is 0 Å². The molecule has 2 nitrogen and oxygen atoms in total. The molecular formula is C15H21BrF2N2. The molecule has 0 aliphatic carbocycles. The van der Waals surface area contributed by atoms with Crippen LogP contribution in [0.15, 0.2) is 16.6 Å². The summed E-state index contributed by atoms with van der Waals surface area (Å²) < 4.78 is 28.3. The highest BCUT2D eigenvalue weighted by Crippen LogP contribution is 2.25.